The lowest BCUT2D eigenvalue weighted by molar-refractivity contribution is -0.137. The fourth-order valence-electron chi connectivity index (χ4n) is 6.37. The number of hydrogen-bond donors (Lipinski definition) is 1. The summed E-state index contributed by atoms with van der Waals surface area (Å²) in [4.78, 5) is 12.3. The highest BCUT2D eigenvalue weighted by Gasteiger charge is 2.68. The summed E-state index contributed by atoms with van der Waals surface area (Å²) in [6.07, 6.45) is 3.89. The van der Waals surface area contributed by atoms with E-state index < -0.39 is 0 Å². The molecular formula is C23H33NO4. The van der Waals surface area contributed by atoms with Crippen molar-refractivity contribution in [3.05, 3.63) is 23.8 Å². The lowest BCUT2D eigenvalue weighted by Crippen LogP contribution is -2.58. The highest BCUT2D eigenvalue weighted by Crippen LogP contribution is 2.70. The van der Waals surface area contributed by atoms with Crippen LogP contribution in [0.5, 0.6) is 11.5 Å². The van der Waals surface area contributed by atoms with Crippen LogP contribution in [0.1, 0.15) is 58.1 Å². The smallest absolute Gasteiger partial charge is 0.219 e. The van der Waals surface area contributed by atoms with Crippen molar-refractivity contribution in [2.24, 2.45) is 22.7 Å². The molecule has 1 amide bonds. The summed E-state index contributed by atoms with van der Waals surface area (Å²) in [6, 6.07) is 6.25. The number of carbonyl (C=O) groups is 1. The zero-order chi connectivity index (χ0) is 20.1. The van der Waals surface area contributed by atoms with Gasteiger partial charge in [-0.1, -0.05) is 20.8 Å². The Morgan fingerprint density at radius 3 is 2.50 bits per heavy atom. The molecule has 1 heterocycles. The molecule has 4 rings (SSSR count). The van der Waals surface area contributed by atoms with Gasteiger partial charge in [0, 0.05) is 25.1 Å². The Labute approximate surface area is 168 Å². The summed E-state index contributed by atoms with van der Waals surface area (Å²) in [5.74, 6) is 2.74. The Morgan fingerprint density at radius 1 is 1.21 bits per heavy atom. The second-order valence-electron chi connectivity index (χ2n) is 9.34. The van der Waals surface area contributed by atoms with E-state index in [1.54, 1.807) is 14.2 Å². The predicted molar refractivity (Wildman–Crippen MR) is 108 cm³/mol. The van der Waals surface area contributed by atoms with Crippen LogP contribution in [0.3, 0.4) is 0 Å². The zero-order valence-electron chi connectivity index (χ0n) is 17.7. The molecule has 154 valence electrons. The molecule has 1 aliphatic heterocycles. The van der Waals surface area contributed by atoms with Gasteiger partial charge in [0.1, 0.15) is 11.5 Å². The molecular weight excluding hydrogens is 354 g/mol. The molecule has 1 aromatic rings. The van der Waals surface area contributed by atoms with Crippen molar-refractivity contribution < 1.29 is 19.0 Å². The standard InChI is InChI=1S/C23H33NO4/c1-6-19(25)24-21-22(2,3)15-11-18-20(28-8-7-23(18,21)13-15)14-9-16(26-4)12-17(10-14)27-5/h9-10,12,15,18,20-21H,6-8,11,13H2,1-5H3,(H,24,25)/t15-,18-,20-,21+,23?/m1/s1. The number of benzene rings is 1. The molecule has 28 heavy (non-hydrogen) atoms. The van der Waals surface area contributed by atoms with Crippen molar-refractivity contribution in [2.75, 3.05) is 20.8 Å². The molecule has 2 aliphatic carbocycles. The highest BCUT2D eigenvalue weighted by atomic mass is 16.5. The molecule has 0 aromatic heterocycles. The zero-order valence-corrected chi connectivity index (χ0v) is 17.7. The summed E-state index contributed by atoms with van der Waals surface area (Å²) in [5.41, 5.74) is 1.35. The van der Waals surface area contributed by atoms with E-state index in [4.69, 9.17) is 14.2 Å². The minimum Gasteiger partial charge on any atom is -0.497 e. The van der Waals surface area contributed by atoms with Crippen LogP contribution >= 0.6 is 0 Å². The van der Waals surface area contributed by atoms with Crippen LogP contribution in [0.15, 0.2) is 18.2 Å². The largest absolute Gasteiger partial charge is 0.497 e. The first-order chi connectivity index (χ1) is 13.4. The van der Waals surface area contributed by atoms with Crippen LogP contribution in [0.25, 0.3) is 0 Å². The molecule has 1 spiro atoms. The number of nitrogens with one attached hydrogen (secondary N) is 1. The molecule has 5 heteroatoms. The van der Waals surface area contributed by atoms with Gasteiger partial charge in [0.05, 0.1) is 20.3 Å². The van der Waals surface area contributed by atoms with Gasteiger partial charge in [0.25, 0.3) is 0 Å². The van der Waals surface area contributed by atoms with Gasteiger partial charge < -0.3 is 19.5 Å². The van der Waals surface area contributed by atoms with E-state index in [1.807, 2.05) is 13.0 Å². The number of methoxy groups -OCH3 is 2. The van der Waals surface area contributed by atoms with Crippen molar-refractivity contribution in [3.63, 3.8) is 0 Å². The topological polar surface area (TPSA) is 56.8 Å². The van der Waals surface area contributed by atoms with E-state index in [0.717, 1.165) is 36.5 Å². The molecule has 1 saturated heterocycles. The van der Waals surface area contributed by atoms with Gasteiger partial charge in [-0.25, -0.2) is 0 Å². The van der Waals surface area contributed by atoms with Crippen LogP contribution in [0.2, 0.25) is 0 Å². The summed E-state index contributed by atoms with van der Waals surface area (Å²) in [6.45, 7) is 7.33. The second-order valence-corrected chi connectivity index (χ2v) is 9.34. The summed E-state index contributed by atoms with van der Waals surface area (Å²) >= 11 is 0. The Kier molecular flexibility index (Phi) is 4.85. The maximum atomic E-state index is 12.3. The van der Waals surface area contributed by atoms with Gasteiger partial charge in [-0.2, -0.15) is 0 Å². The van der Waals surface area contributed by atoms with E-state index in [9.17, 15) is 4.79 Å². The van der Waals surface area contributed by atoms with Crippen LogP contribution in [0.4, 0.5) is 0 Å². The predicted octanol–water partition coefficient (Wildman–Crippen LogP) is 4.11. The van der Waals surface area contributed by atoms with Gasteiger partial charge >= 0.3 is 0 Å². The normalized spacial score (nSPS) is 35.3. The number of rotatable bonds is 5. The number of carbonyl (C=O) groups excluding carboxylic acids is 1. The SMILES string of the molecule is CCC(=O)N[C@H]1C(C)(C)[C@@H]2C[C@@H]3[C@@H](c4cc(OC)cc(OC)c4)OCCC31C2. The summed E-state index contributed by atoms with van der Waals surface area (Å²) in [7, 11) is 3.36. The molecule has 2 bridgehead atoms. The molecule has 1 N–H and O–H groups in total. The molecule has 1 aromatic carbocycles. The van der Waals surface area contributed by atoms with Gasteiger partial charge in [-0.3, -0.25) is 4.79 Å². The van der Waals surface area contributed by atoms with E-state index in [2.05, 4.69) is 31.3 Å². The van der Waals surface area contributed by atoms with Gasteiger partial charge in [0.15, 0.2) is 0 Å². The number of fused-ring (bicyclic) bond motifs is 1. The molecule has 2 saturated carbocycles. The van der Waals surface area contributed by atoms with E-state index >= 15 is 0 Å². The lowest BCUT2D eigenvalue weighted by atomic mass is 9.59. The van der Waals surface area contributed by atoms with E-state index in [1.165, 1.54) is 6.42 Å². The van der Waals surface area contributed by atoms with Gasteiger partial charge in [-0.15, -0.1) is 0 Å². The lowest BCUT2D eigenvalue weighted by Gasteiger charge is -2.53. The van der Waals surface area contributed by atoms with E-state index in [-0.39, 0.29) is 28.9 Å². The van der Waals surface area contributed by atoms with Crippen molar-refractivity contribution in [3.8, 4) is 11.5 Å². The monoisotopic (exact) mass is 387 g/mol. The number of hydrogen-bond acceptors (Lipinski definition) is 4. The molecule has 5 nitrogen and oxygen atoms in total. The van der Waals surface area contributed by atoms with Gasteiger partial charge in [0.2, 0.25) is 5.91 Å². The van der Waals surface area contributed by atoms with Crippen molar-refractivity contribution in [2.45, 2.75) is 58.6 Å². The summed E-state index contributed by atoms with van der Waals surface area (Å²) < 4.78 is 17.3. The van der Waals surface area contributed by atoms with Crippen LogP contribution in [0, 0.1) is 22.7 Å². The first-order valence-electron chi connectivity index (χ1n) is 10.5. The number of amides is 1. The molecule has 0 radical (unpaired) electrons. The van der Waals surface area contributed by atoms with Crippen LogP contribution in [-0.2, 0) is 9.53 Å². The van der Waals surface area contributed by atoms with Crippen LogP contribution in [-0.4, -0.2) is 32.8 Å². The van der Waals surface area contributed by atoms with Gasteiger partial charge in [-0.05, 0) is 59.6 Å². The van der Waals surface area contributed by atoms with Crippen LogP contribution < -0.4 is 14.8 Å². The Bertz CT molecular complexity index is 739. The molecule has 3 fully saturated rings. The fourth-order valence-corrected chi connectivity index (χ4v) is 6.37. The maximum absolute atomic E-state index is 12.3. The third-order valence-electron chi connectivity index (χ3n) is 7.83. The minimum atomic E-state index is 0.0138. The van der Waals surface area contributed by atoms with Crippen molar-refractivity contribution in [1.29, 1.82) is 0 Å². The second kappa shape index (κ2) is 6.94. The maximum Gasteiger partial charge on any atom is 0.219 e. The van der Waals surface area contributed by atoms with E-state index in [0.29, 0.717) is 18.3 Å². The van der Waals surface area contributed by atoms with Crippen molar-refractivity contribution >= 4 is 5.91 Å². The highest BCUT2D eigenvalue weighted by molar-refractivity contribution is 5.76. The first kappa shape index (κ1) is 19.6. The Hall–Kier alpha value is -1.75. The molecule has 5 atom stereocenters. The molecule has 1 unspecified atom stereocenters. The molecule has 3 aliphatic rings. The average molecular weight is 388 g/mol. The third-order valence-corrected chi connectivity index (χ3v) is 7.83. The summed E-state index contributed by atoms with van der Waals surface area (Å²) in [5, 5.41) is 3.41. The Morgan fingerprint density at radius 2 is 1.89 bits per heavy atom. The average Bonchev–Trinajstić information content (AvgIpc) is 3.19. The Balaban J connectivity index is 1.71. The minimum absolute atomic E-state index is 0.0138. The fraction of sp³-hybridized carbons (Fsp3) is 0.696. The first-order valence-corrected chi connectivity index (χ1v) is 10.5. The number of ether oxygens (including phenoxy) is 3. The third kappa shape index (κ3) is 2.81. The quantitative estimate of drug-likeness (QED) is 0.826. The van der Waals surface area contributed by atoms with Crippen molar-refractivity contribution in [1.82, 2.24) is 5.32 Å².